The first-order chi connectivity index (χ1) is 18.0. The summed E-state index contributed by atoms with van der Waals surface area (Å²) < 4.78 is 16.9. The zero-order chi connectivity index (χ0) is 25.9. The van der Waals surface area contributed by atoms with Crippen LogP contribution in [0.5, 0.6) is 5.75 Å². The highest BCUT2D eigenvalue weighted by molar-refractivity contribution is 7.16. The van der Waals surface area contributed by atoms with Gasteiger partial charge in [-0.25, -0.2) is 9.79 Å². The van der Waals surface area contributed by atoms with Crippen LogP contribution in [-0.4, -0.2) is 25.6 Å². The number of carbonyl (C=O) groups excluding carboxylic acids is 2. The first-order valence-corrected chi connectivity index (χ1v) is 13.1. The van der Waals surface area contributed by atoms with Gasteiger partial charge in [-0.05, 0) is 87.1 Å². The number of hydrogen-bond donors (Lipinski definition) is 1. The summed E-state index contributed by atoms with van der Waals surface area (Å²) in [5, 5.41) is 4.15. The largest absolute Gasteiger partial charge is 0.497 e. The molecule has 4 aromatic rings. The fourth-order valence-corrected chi connectivity index (χ4v) is 5.78. The predicted molar refractivity (Wildman–Crippen MR) is 144 cm³/mol. The Kier molecular flexibility index (Phi) is 7.10. The van der Waals surface area contributed by atoms with Gasteiger partial charge in [0.05, 0.1) is 19.3 Å². The summed E-state index contributed by atoms with van der Waals surface area (Å²) in [7, 11) is 1.59. The van der Waals surface area contributed by atoms with Crippen molar-refractivity contribution in [3.05, 3.63) is 81.2 Å². The molecule has 1 aliphatic carbocycles. The number of benzene rings is 2. The van der Waals surface area contributed by atoms with Crippen molar-refractivity contribution >= 4 is 44.9 Å². The summed E-state index contributed by atoms with van der Waals surface area (Å²) in [4.78, 5) is 32.4. The van der Waals surface area contributed by atoms with Crippen LogP contribution < -0.4 is 15.6 Å². The Labute approximate surface area is 218 Å². The SMILES string of the molecule is CCOC(=O)c1c(/N=c2\oc3ccc(OC)cc3cc2C(=O)Nc2cccc(C)c2)sc2c1CCCC2. The highest BCUT2D eigenvalue weighted by Gasteiger charge is 2.27. The lowest BCUT2D eigenvalue weighted by Crippen LogP contribution is -2.21. The Balaban J connectivity index is 1.69. The van der Waals surface area contributed by atoms with E-state index >= 15 is 0 Å². The lowest BCUT2D eigenvalue weighted by molar-refractivity contribution is 0.0526. The zero-order valence-electron chi connectivity index (χ0n) is 21.1. The van der Waals surface area contributed by atoms with Crippen LogP contribution >= 0.6 is 11.3 Å². The Hall–Kier alpha value is -3.91. The number of nitrogens with zero attached hydrogens (tertiary/aromatic N) is 1. The number of nitrogens with one attached hydrogen (secondary N) is 1. The second-order valence-electron chi connectivity index (χ2n) is 8.92. The molecule has 1 amide bonds. The van der Waals surface area contributed by atoms with Crippen LogP contribution in [0, 0.1) is 6.92 Å². The van der Waals surface area contributed by atoms with Crippen LogP contribution in [0.25, 0.3) is 11.0 Å². The molecule has 8 heteroatoms. The maximum absolute atomic E-state index is 13.5. The normalized spacial score (nSPS) is 13.3. The molecule has 7 nitrogen and oxygen atoms in total. The Morgan fingerprint density at radius 1 is 1.11 bits per heavy atom. The minimum absolute atomic E-state index is 0.131. The van der Waals surface area contributed by atoms with Gasteiger partial charge >= 0.3 is 5.97 Å². The van der Waals surface area contributed by atoms with Gasteiger partial charge in [-0.3, -0.25) is 4.79 Å². The van der Waals surface area contributed by atoms with Crippen molar-refractivity contribution in [1.29, 1.82) is 0 Å². The third kappa shape index (κ3) is 5.15. The predicted octanol–water partition coefficient (Wildman–Crippen LogP) is 6.35. The molecule has 0 spiro atoms. The van der Waals surface area contributed by atoms with E-state index in [1.165, 1.54) is 11.3 Å². The van der Waals surface area contributed by atoms with Crippen LogP contribution in [0.4, 0.5) is 10.7 Å². The van der Waals surface area contributed by atoms with Gasteiger partial charge < -0.3 is 19.2 Å². The fraction of sp³-hybridized carbons (Fsp3) is 0.276. The van der Waals surface area contributed by atoms with Gasteiger partial charge in [-0.15, -0.1) is 11.3 Å². The average Bonchev–Trinajstić information content (AvgIpc) is 3.26. The molecule has 0 bridgehead atoms. The van der Waals surface area contributed by atoms with E-state index in [-0.39, 0.29) is 23.6 Å². The van der Waals surface area contributed by atoms with Crippen LogP contribution in [0.15, 0.2) is 57.9 Å². The van der Waals surface area contributed by atoms with E-state index in [0.717, 1.165) is 41.7 Å². The fourth-order valence-electron chi connectivity index (χ4n) is 4.54. The number of hydrogen-bond acceptors (Lipinski definition) is 7. The summed E-state index contributed by atoms with van der Waals surface area (Å²) in [5.41, 5.74) is 4.11. The molecule has 37 heavy (non-hydrogen) atoms. The monoisotopic (exact) mass is 516 g/mol. The molecule has 0 unspecified atom stereocenters. The second-order valence-corrected chi connectivity index (χ2v) is 10.00. The molecule has 0 saturated heterocycles. The van der Waals surface area contributed by atoms with Crippen molar-refractivity contribution < 1.29 is 23.5 Å². The topological polar surface area (TPSA) is 90.1 Å². The van der Waals surface area contributed by atoms with Crippen molar-refractivity contribution in [2.24, 2.45) is 4.99 Å². The number of esters is 1. The van der Waals surface area contributed by atoms with Gasteiger partial charge in [0.2, 0.25) is 5.55 Å². The third-order valence-electron chi connectivity index (χ3n) is 6.31. The maximum atomic E-state index is 13.5. The lowest BCUT2D eigenvalue weighted by Gasteiger charge is -2.11. The molecule has 0 fully saturated rings. The third-order valence-corrected chi connectivity index (χ3v) is 7.50. The van der Waals surface area contributed by atoms with Crippen molar-refractivity contribution in [3.63, 3.8) is 0 Å². The summed E-state index contributed by atoms with van der Waals surface area (Å²) in [6.45, 7) is 4.02. The summed E-state index contributed by atoms with van der Waals surface area (Å²) >= 11 is 1.47. The van der Waals surface area contributed by atoms with Crippen molar-refractivity contribution in [2.45, 2.75) is 39.5 Å². The van der Waals surface area contributed by atoms with E-state index < -0.39 is 5.97 Å². The molecule has 0 aliphatic heterocycles. The standard InChI is InChI=1S/C29H28N2O5S/c1-4-35-29(33)25-21-10-5-6-11-24(21)37-28(25)31-27-22(26(32)30-19-9-7-8-17(2)14-19)16-18-15-20(34-3)12-13-23(18)36-27/h7-9,12-16H,4-6,10-11H2,1-3H3,(H,30,32)/b31-27-. The summed E-state index contributed by atoms with van der Waals surface area (Å²) in [6, 6.07) is 14.7. The molecule has 2 aromatic carbocycles. The quantitative estimate of drug-likeness (QED) is 0.302. The highest BCUT2D eigenvalue weighted by Crippen LogP contribution is 2.40. The molecule has 2 heterocycles. The van der Waals surface area contributed by atoms with Gasteiger partial charge in [0, 0.05) is 16.0 Å². The number of aryl methyl sites for hydroxylation is 2. The van der Waals surface area contributed by atoms with Crippen LogP contribution in [0.1, 0.15) is 56.5 Å². The molecule has 0 atom stereocenters. The van der Waals surface area contributed by atoms with Crippen LogP contribution in [0.2, 0.25) is 0 Å². The van der Waals surface area contributed by atoms with E-state index in [2.05, 4.69) is 5.32 Å². The number of methoxy groups -OCH3 is 1. The van der Waals surface area contributed by atoms with Crippen molar-refractivity contribution in [1.82, 2.24) is 0 Å². The van der Waals surface area contributed by atoms with Gasteiger partial charge in [0.25, 0.3) is 5.91 Å². The minimum Gasteiger partial charge on any atom is -0.497 e. The molecule has 5 rings (SSSR count). The van der Waals surface area contributed by atoms with Crippen LogP contribution in [0.3, 0.4) is 0 Å². The number of ether oxygens (including phenoxy) is 2. The Morgan fingerprint density at radius 3 is 2.73 bits per heavy atom. The number of carbonyl (C=O) groups is 2. The highest BCUT2D eigenvalue weighted by atomic mass is 32.1. The van der Waals surface area contributed by atoms with E-state index in [0.29, 0.717) is 33.0 Å². The second kappa shape index (κ2) is 10.6. The number of rotatable bonds is 6. The van der Waals surface area contributed by atoms with Gasteiger partial charge in [0.15, 0.2) is 0 Å². The molecule has 1 N–H and O–H groups in total. The molecule has 0 saturated carbocycles. The first kappa shape index (κ1) is 24.8. The molecule has 1 aliphatic rings. The average molecular weight is 517 g/mol. The lowest BCUT2D eigenvalue weighted by atomic mass is 9.95. The maximum Gasteiger partial charge on any atom is 0.341 e. The van der Waals surface area contributed by atoms with Crippen molar-refractivity contribution in [3.8, 4) is 5.75 Å². The minimum atomic E-state index is -0.392. The van der Waals surface area contributed by atoms with Gasteiger partial charge in [0.1, 0.15) is 21.9 Å². The summed E-state index contributed by atoms with van der Waals surface area (Å²) in [6.07, 6.45) is 3.80. The van der Waals surface area contributed by atoms with E-state index in [1.807, 2.05) is 31.2 Å². The van der Waals surface area contributed by atoms with E-state index in [9.17, 15) is 9.59 Å². The molecule has 0 radical (unpaired) electrons. The van der Waals surface area contributed by atoms with E-state index in [1.54, 1.807) is 38.3 Å². The first-order valence-electron chi connectivity index (χ1n) is 12.3. The smallest absolute Gasteiger partial charge is 0.341 e. The number of anilines is 1. The molecular formula is C29H28N2O5S. The molecule has 2 aromatic heterocycles. The van der Waals surface area contributed by atoms with Crippen LogP contribution in [-0.2, 0) is 17.6 Å². The zero-order valence-corrected chi connectivity index (χ0v) is 21.9. The van der Waals surface area contributed by atoms with E-state index in [4.69, 9.17) is 18.9 Å². The van der Waals surface area contributed by atoms with Gasteiger partial charge in [-0.1, -0.05) is 12.1 Å². The summed E-state index contributed by atoms with van der Waals surface area (Å²) in [5.74, 6) is -0.110. The molecular weight excluding hydrogens is 488 g/mol. The Morgan fingerprint density at radius 2 is 1.95 bits per heavy atom. The number of thiophene rings is 1. The van der Waals surface area contributed by atoms with Crippen molar-refractivity contribution in [2.75, 3.05) is 19.0 Å². The van der Waals surface area contributed by atoms with Gasteiger partial charge in [-0.2, -0.15) is 0 Å². The molecule has 190 valence electrons. The number of amides is 1. The number of fused-ring (bicyclic) bond motifs is 2. The Bertz CT molecular complexity index is 1570.